The molecule has 3 rings (SSSR count). The van der Waals surface area contributed by atoms with Gasteiger partial charge in [0.05, 0.1) is 6.61 Å². The maximum absolute atomic E-state index is 6.14. The zero-order valence-electron chi connectivity index (χ0n) is 11.0. The van der Waals surface area contributed by atoms with Crippen LogP contribution in [0.1, 0.15) is 25.3 Å². The van der Waals surface area contributed by atoms with Gasteiger partial charge in [0, 0.05) is 29.0 Å². The van der Waals surface area contributed by atoms with Crippen LogP contribution >= 0.6 is 11.8 Å². The molecule has 1 aromatic carbocycles. The van der Waals surface area contributed by atoms with Gasteiger partial charge in [0.2, 0.25) is 0 Å². The quantitative estimate of drug-likeness (QED) is 0.901. The number of thioether (sulfide) groups is 1. The molecule has 0 radical (unpaired) electrons. The van der Waals surface area contributed by atoms with Crippen LogP contribution in [-0.2, 0) is 6.42 Å². The van der Waals surface area contributed by atoms with Gasteiger partial charge in [-0.15, -0.1) is 0 Å². The molecule has 1 atom stereocenters. The Morgan fingerprint density at radius 1 is 1.44 bits per heavy atom. The largest absolute Gasteiger partial charge is 0.493 e. The van der Waals surface area contributed by atoms with E-state index in [1.807, 2.05) is 0 Å². The molecule has 3 heteroatoms. The first-order valence-electron chi connectivity index (χ1n) is 6.83. The second kappa shape index (κ2) is 5.04. The third-order valence-electron chi connectivity index (χ3n) is 3.92. The number of fused-ring (bicyclic) bond motifs is 1. The average molecular weight is 263 g/mol. The minimum atomic E-state index is 0.359. The number of benzene rings is 1. The summed E-state index contributed by atoms with van der Waals surface area (Å²) in [6.07, 6.45) is 3.73. The van der Waals surface area contributed by atoms with Crippen LogP contribution in [0.5, 0.6) is 5.75 Å². The normalized spacial score (nSPS) is 26.5. The molecule has 2 aliphatic heterocycles. The van der Waals surface area contributed by atoms with E-state index in [2.05, 4.69) is 42.2 Å². The number of nitrogens with one attached hydrogen (secondary N) is 1. The van der Waals surface area contributed by atoms with Crippen molar-refractivity contribution in [2.45, 2.75) is 26.2 Å². The molecule has 0 spiro atoms. The molecule has 1 unspecified atom stereocenters. The van der Waals surface area contributed by atoms with Crippen molar-refractivity contribution in [1.82, 2.24) is 0 Å². The molecule has 18 heavy (non-hydrogen) atoms. The SMILES string of the molecule is CC1(COc2cccc3c2CCN3)CCCSC1. The molecular weight excluding hydrogens is 242 g/mol. The van der Waals surface area contributed by atoms with Gasteiger partial charge in [-0.05, 0) is 37.1 Å². The highest BCUT2D eigenvalue weighted by molar-refractivity contribution is 7.99. The van der Waals surface area contributed by atoms with Crippen molar-refractivity contribution in [3.63, 3.8) is 0 Å². The third-order valence-corrected chi connectivity index (χ3v) is 5.40. The maximum Gasteiger partial charge on any atom is 0.124 e. The molecule has 0 amide bonds. The Balaban J connectivity index is 1.68. The van der Waals surface area contributed by atoms with Crippen LogP contribution in [0.15, 0.2) is 18.2 Å². The molecule has 2 nitrogen and oxygen atoms in total. The lowest BCUT2D eigenvalue weighted by Gasteiger charge is -2.33. The van der Waals surface area contributed by atoms with E-state index in [1.54, 1.807) is 0 Å². The Morgan fingerprint density at radius 3 is 3.22 bits per heavy atom. The molecule has 0 aromatic heterocycles. The summed E-state index contributed by atoms with van der Waals surface area (Å²) in [6.45, 7) is 4.26. The monoisotopic (exact) mass is 263 g/mol. The van der Waals surface area contributed by atoms with Gasteiger partial charge in [-0.2, -0.15) is 11.8 Å². The van der Waals surface area contributed by atoms with E-state index in [0.717, 1.165) is 25.3 Å². The summed E-state index contributed by atoms with van der Waals surface area (Å²) in [5, 5.41) is 3.40. The zero-order chi connectivity index (χ0) is 12.4. The molecule has 1 saturated heterocycles. The van der Waals surface area contributed by atoms with Crippen molar-refractivity contribution in [2.24, 2.45) is 5.41 Å². The van der Waals surface area contributed by atoms with E-state index in [0.29, 0.717) is 5.41 Å². The van der Waals surface area contributed by atoms with Crippen LogP contribution in [0.25, 0.3) is 0 Å². The van der Waals surface area contributed by atoms with E-state index in [1.165, 1.54) is 35.6 Å². The Bertz CT molecular complexity index is 427. The van der Waals surface area contributed by atoms with Crippen LogP contribution in [0.4, 0.5) is 5.69 Å². The smallest absolute Gasteiger partial charge is 0.124 e. The van der Waals surface area contributed by atoms with E-state index < -0.39 is 0 Å². The van der Waals surface area contributed by atoms with Gasteiger partial charge in [-0.25, -0.2) is 0 Å². The fourth-order valence-corrected chi connectivity index (χ4v) is 4.02. The summed E-state index contributed by atoms with van der Waals surface area (Å²) in [5.41, 5.74) is 2.98. The fourth-order valence-electron chi connectivity index (χ4n) is 2.80. The molecule has 98 valence electrons. The average Bonchev–Trinajstić information content (AvgIpc) is 2.86. The predicted octanol–water partition coefficient (Wildman–Crippen LogP) is 3.57. The first kappa shape index (κ1) is 12.2. The Morgan fingerprint density at radius 2 is 2.39 bits per heavy atom. The summed E-state index contributed by atoms with van der Waals surface area (Å²) in [5.74, 6) is 3.65. The molecule has 0 bridgehead atoms. The van der Waals surface area contributed by atoms with Gasteiger partial charge in [-0.1, -0.05) is 13.0 Å². The Kier molecular flexibility index (Phi) is 3.42. The van der Waals surface area contributed by atoms with E-state index in [-0.39, 0.29) is 0 Å². The lowest BCUT2D eigenvalue weighted by atomic mass is 9.88. The molecule has 1 aromatic rings. The van der Waals surface area contributed by atoms with Crippen molar-refractivity contribution in [1.29, 1.82) is 0 Å². The van der Waals surface area contributed by atoms with Crippen molar-refractivity contribution in [2.75, 3.05) is 30.0 Å². The van der Waals surface area contributed by atoms with Crippen molar-refractivity contribution < 1.29 is 4.74 Å². The van der Waals surface area contributed by atoms with Gasteiger partial charge in [-0.3, -0.25) is 0 Å². The molecule has 0 saturated carbocycles. The number of rotatable bonds is 3. The maximum atomic E-state index is 6.14. The minimum Gasteiger partial charge on any atom is -0.493 e. The molecule has 1 N–H and O–H groups in total. The van der Waals surface area contributed by atoms with Gasteiger partial charge in [0.25, 0.3) is 0 Å². The van der Waals surface area contributed by atoms with Gasteiger partial charge >= 0.3 is 0 Å². The van der Waals surface area contributed by atoms with Crippen LogP contribution in [-0.4, -0.2) is 24.7 Å². The first-order valence-corrected chi connectivity index (χ1v) is 7.99. The number of anilines is 1. The summed E-state index contributed by atoms with van der Waals surface area (Å²) in [7, 11) is 0. The highest BCUT2D eigenvalue weighted by atomic mass is 32.2. The zero-order valence-corrected chi connectivity index (χ0v) is 11.8. The lowest BCUT2D eigenvalue weighted by molar-refractivity contribution is 0.169. The van der Waals surface area contributed by atoms with Crippen LogP contribution in [0.2, 0.25) is 0 Å². The van der Waals surface area contributed by atoms with Gasteiger partial charge in [0.15, 0.2) is 0 Å². The topological polar surface area (TPSA) is 21.3 Å². The van der Waals surface area contributed by atoms with Crippen molar-refractivity contribution >= 4 is 17.4 Å². The number of ether oxygens (including phenoxy) is 1. The van der Waals surface area contributed by atoms with E-state index in [4.69, 9.17) is 4.74 Å². The van der Waals surface area contributed by atoms with E-state index in [9.17, 15) is 0 Å². The third kappa shape index (κ3) is 2.46. The fraction of sp³-hybridized carbons (Fsp3) is 0.600. The van der Waals surface area contributed by atoms with Gasteiger partial charge < -0.3 is 10.1 Å². The van der Waals surface area contributed by atoms with Crippen molar-refractivity contribution in [3.05, 3.63) is 23.8 Å². The molecule has 0 aliphatic carbocycles. The molecule has 2 aliphatic rings. The summed E-state index contributed by atoms with van der Waals surface area (Å²) < 4.78 is 6.14. The minimum absolute atomic E-state index is 0.359. The highest BCUT2D eigenvalue weighted by Crippen LogP contribution is 2.36. The Labute approximate surface area is 113 Å². The predicted molar refractivity (Wildman–Crippen MR) is 78.8 cm³/mol. The lowest BCUT2D eigenvalue weighted by Crippen LogP contribution is -2.31. The summed E-state index contributed by atoms with van der Waals surface area (Å²) in [6, 6.07) is 6.35. The second-order valence-electron chi connectivity index (χ2n) is 5.71. The second-order valence-corrected chi connectivity index (χ2v) is 6.82. The van der Waals surface area contributed by atoms with Crippen LogP contribution in [0.3, 0.4) is 0 Å². The highest BCUT2D eigenvalue weighted by Gasteiger charge is 2.28. The first-order chi connectivity index (χ1) is 8.77. The van der Waals surface area contributed by atoms with E-state index >= 15 is 0 Å². The molecule has 2 heterocycles. The number of hydrogen-bond donors (Lipinski definition) is 1. The standard InChI is InChI=1S/C15H21NOS/c1-15(7-3-9-18-11-15)10-17-14-5-2-4-13-12(14)6-8-16-13/h2,4-5,16H,3,6-11H2,1H3. The Hall–Kier alpha value is -0.830. The molecular formula is C15H21NOS. The van der Waals surface area contributed by atoms with Crippen LogP contribution < -0.4 is 10.1 Å². The summed E-state index contributed by atoms with van der Waals surface area (Å²) in [4.78, 5) is 0. The molecule has 1 fully saturated rings. The van der Waals surface area contributed by atoms with Crippen molar-refractivity contribution in [3.8, 4) is 5.75 Å². The number of hydrogen-bond acceptors (Lipinski definition) is 3. The van der Waals surface area contributed by atoms with Crippen LogP contribution in [0, 0.1) is 5.41 Å². The summed E-state index contributed by atoms with van der Waals surface area (Å²) >= 11 is 2.07. The van der Waals surface area contributed by atoms with Gasteiger partial charge in [0.1, 0.15) is 5.75 Å².